The van der Waals surface area contributed by atoms with Gasteiger partial charge in [-0.25, -0.2) is 14.1 Å². The van der Waals surface area contributed by atoms with Crippen molar-refractivity contribution in [3.8, 4) is 0 Å². The lowest BCUT2D eigenvalue weighted by molar-refractivity contribution is -0.392. The lowest BCUT2D eigenvalue weighted by atomic mass is 10.6. The molecule has 0 aliphatic heterocycles. The van der Waals surface area contributed by atoms with Crippen LogP contribution in [0.15, 0.2) is 43.4 Å². The average molecular weight is 561 g/mol. The van der Waals surface area contributed by atoms with Gasteiger partial charge < -0.3 is 34.9 Å². The third kappa shape index (κ3) is 18.7. The summed E-state index contributed by atoms with van der Waals surface area (Å²) in [5.74, 6) is 0.104. The van der Waals surface area contributed by atoms with E-state index >= 15 is 0 Å². The number of aromatic nitrogens is 5. The Kier molecular flexibility index (Phi) is 37.1. The van der Waals surface area contributed by atoms with E-state index in [9.17, 15) is 30.3 Å². The summed E-state index contributed by atoms with van der Waals surface area (Å²) in [7, 11) is 0. The van der Waals surface area contributed by atoms with Crippen LogP contribution in [0.1, 0.15) is 84.6 Å². The Morgan fingerprint density at radius 2 is 1.21 bits per heavy atom. The first kappa shape index (κ1) is 48.0. The van der Waals surface area contributed by atoms with Crippen LogP contribution in [0.3, 0.4) is 0 Å². The quantitative estimate of drug-likeness (QED) is 0.215. The van der Waals surface area contributed by atoms with Gasteiger partial charge >= 0.3 is 17.5 Å². The maximum Gasteiger partial charge on any atom is 0.381 e. The number of nitrogens with zero attached hydrogens (tertiary/aromatic N) is 8. The minimum atomic E-state index is -0.508. The Morgan fingerprint density at radius 1 is 0.718 bits per heavy atom. The van der Waals surface area contributed by atoms with Gasteiger partial charge in [-0.1, -0.05) is 63.8 Å². The summed E-state index contributed by atoms with van der Waals surface area (Å²) in [5, 5.41) is 30.5. The van der Waals surface area contributed by atoms with Crippen LogP contribution in [0, 0.1) is 30.3 Å². The highest BCUT2D eigenvalue weighted by Gasteiger charge is 2.09. The van der Waals surface area contributed by atoms with Crippen molar-refractivity contribution in [2.45, 2.75) is 104 Å². The van der Waals surface area contributed by atoms with E-state index in [4.69, 9.17) is 0 Å². The summed E-state index contributed by atoms with van der Waals surface area (Å²) in [6.45, 7) is 19.5. The van der Waals surface area contributed by atoms with E-state index in [-0.39, 0.29) is 44.7 Å². The lowest BCUT2D eigenvalue weighted by Gasteiger charge is -1.95. The molecule has 0 spiro atoms. The van der Waals surface area contributed by atoms with Crippen molar-refractivity contribution in [2.24, 2.45) is 0 Å². The molecule has 14 heteroatoms. The fourth-order valence-electron chi connectivity index (χ4n) is 2.16. The average Bonchev–Trinajstić information content (AvgIpc) is 3.68. The fourth-order valence-corrected chi connectivity index (χ4v) is 2.16. The standard InChI is InChI=1S/C6H8N2O2.2C5H7N3O2.3C2H6.3CH4/c1-2-7-5-3-4-6(7)8(9)10;1-2-7-3-5(6-4-7)8(9)10;1-2-7-4-6-3-5(7)8(9)10;3*1-2;;;/h3-5H,2H2,1H3;2*3-4H,2H2,1H3;3*1-2H3;3*1H4. The third-order valence-corrected chi connectivity index (χ3v) is 3.72. The molecule has 14 nitrogen and oxygen atoms in total. The van der Waals surface area contributed by atoms with Crippen LogP contribution in [-0.4, -0.2) is 38.4 Å². The highest BCUT2D eigenvalue weighted by atomic mass is 16.6. The second-order valence-corrected chi connectivity index (χ2v) is 5.52. The molecule has 0 bridgehead atoms. The molecule has 0 saturated heterocycles. The van der Waals surface area contributed by atoms with E-state index in [1.165, 1.54) is 35.7 Å². The molecule has 0 aromatic carbocycles. The van der Waals surface area contributed by atoms with Crippen molar-refractivity contribution in [3.63, 3.8) is 0 Å². The van der Waals surface area contributed by atoms with Gasteiger partial charge in [0.2, 0.25) is 6.33 Å². The van der Waals surface area contributed by atoms with Gasteiger partial charge in [0, 0.05) is 12.6 Å². The van der Waals surface area contributed by atoms with Crippen LogP contribution in [0.4, 0.5) is 17.5 Å². The largest absolute Gasteiger partial charge is 0.381 e. The number of rotatable bonds is 6. The molecule has 0 unspecified atom stereocenters. The van der Waals surface area contributed by atoms with Crippen LogP contribution >= 0.6 is 0 Å². The maximum atomic E-state index is 10.2. The zero-order valence-electron chi connectivity index (χ0n) is 22.7. The van der Waals surface area contributed by atoms with E-state index in [1.807, 2.05) is 62.3 Å². The summed E-state index contributed by atoms with van der Waals surface area (Å²) >= 11 is 0. The molecule has 0 aliphatic carbocycles. The molecule has 39 heavy (non-hydrogen) atoms. The van der Waals surface area contributed by atoms with Gasteiger partial charge in [-0.05, 0) is 46.6 Å². The summed E-state index contributed by atoms with van der Waals surface area (Å²) in [6, 6.07) is 3.16. The summed E-state index contributed by atoms with van der Waals surface area (Å²) in [5.41, 5.74) is 0. The van der Waals surface area contributed by atoms with Gasteiger partial charge in [-0.15, -0.1) is 0 Å². The molecule has 3 aromatic heterocycles. The molecule has 3 rings (SSSR count). The number of nitro groups is 3. The molecule has 0 N–H and O–H groups in total. The van der Waals surface area contributed by atoms with Gasteiger partial charge in [-0.2, -0.15) is 0 Å². The van der Waals surface area contributed by atoms with E-state index in [1.54, 1.807) is 21.4 Å². The summed E-state index contributed by atoms with van der Waals surface area (Å²) < 4.78 is 4.71. The maximum absolute atomic E-state index is 10.2. The normalized spacial score (nSPS) is 7.92. The Balaban J connectivity index is -0.0000000920. The minimum Gasteiger partial charge on any atom is -0.358 e. The highest BCUT2D eigenvalue weighted by molar-refractivity contribution is 5.20. The van der Waals surface area contributed by atoms with Gasteiger partial charge in [0.1, 0.15) is 12.4 Å². The van der Waals surface area contributed by atoms with Crippen LogP contribution in [-0.2, 0) is 19.6 Å². The second-order valence-electron chi connectivity index (χ2n) is 5.52. The van der Waals surface area contributed by atoms with Crippen LogP contribution in [0.5, 0.6) is 0 Å². The zero-order chi connectivity index (χ0) is 28.7. The number of hydrogen-bond acceptors (Lipinski definition) is 8. The summed E-state index contributed by atoms with van der Waals surface area (Å²) in [6.07, 6.45) is 7.22. The molecule has 3 aromatic rings. The van der Waals surface area contributed by atoms with Crippen LogP contribution in [0.2, 0.25) is 0 Å². The van der Waals surface area contributed by atoms with Gasteiger partial charge in [-0.3, -0.25) is 0 Å². The van der Waals surface area contributed by atoms with Crippen molar-refractivity contribution in [1.29, 1.82) is 0 Å². The Morgan fingerprint density at radius 3 is 1.49 bits per heavy atom. The van der Waals surface area contributed by atoms with Gasteiger partial charge in [0.25, 0.3) is 0 Å². The van der Waals surface area contributed by atoms with Crippen LogP contribution < -0.4 is 0 Å². The number of imidazole rings is 2. The van der Waals surface area contributed by atoms with E-state index in [0.717, 1.165) is 0 Å². The predicted octanol–water partition coefficient (Wildman–Crippen LogP) is 8.03. The molecule has 228 valence electrons. The first-order valence-electron chi connectivity index (χ1n) is 11.8. The zero-order valence-corrected chi connectivity index (χ0v) is 22.7. The Bertz CT molecular complexity index is 931. The molecular formula is C25H52N8O6. The third-order valence-electron chi connectivity index (χ3n) is 3.72. The predicted molar refractivity (Wildman–Crippen MR) is 160 cm³/mol. The lowest BCUT2D eigenvalue weighted by Crippen LogP contribution is -1.98. The minimum absolute atomic E-state index is 0. The van der Waals surface area contributed by atoms with E-state index in [2.05, 4.69) is 9.97 Å². The van der Waals surface area contributed by atoms with Crippen molar-refractivity contribution < 1.29 is 14.8 Å². The van der Waals surface area contributed by atoms with Crippen LogP contribution in [0.25, 0.3) is 0 Å². The van der Waals surface area contributed by atoms with E-state index < -0.39 is 9.85 Å². The van der Waals surface area contributed by atoms with Gasteiger partial charge in [0.05, 0.1) is 19.3 Å². The Labute approximate surface area is 234 Å². The van der Waals surface area contributed by atoms with Crippen molar-refractivity contribution in [1.82, 2.24) is 23.7 Å². The molecule has 0 atom stereocenters. The molecule has 0 amide bonds. The molecule has 0 radical (unpaired) electrons. The molecule has 0 fully saturated rings. The first-order chi connectivity index (χ1) is 17.2. The van der Waals surface area contributed by atoms with Gasteiger partial charge in [0.15, 0.2) is 6.33 Å². The monoisotopic (exact) mass is 560 g/mol. The Hall–Kier alpha value is -4.10. The van der Waals surface area contributed by atoms with Crippen molar-refractivity contribution in [2.75, 3.05) is 0 Å². The van der Waals surface area contributed by atoms with Crippen molar-refractivity contribution in [3.05, 3.63) is 73.7 Å². The molecule has 0 saturated carbocycles. The second kappa shape index (κ2) is 30.1. The number of hydrogen-bond donors (Lipinski definition) is 0. The topological polar surface area (TPSA) is 170 Å². The smallest absolute Gasteiger partial charge is 0.358 e. The highest BCUT2D eigenvalue weighted by Crippen LogP contribution is 2.10. The molecule has 0 aliphatic rings. The molecule has 3 heterocycles. The van der Waals surface area contributed by atoms with Crippen molar-refractivity contribution >= 4 is 17.5 Å². The SMILES string of the molecule is C.C.C.CC.CC.CC.CCn1cccc1[N+](=O)[O-].CCn1cnc([N+](=O)[O-])c1.CCn1cncc1[N+](=O)[O-]. The molecular weight excluding hydrogens is 508 g/mol. The summed E-state index contributed by atoms with van der Waals surface area (Å²) in [4.78, 5) is 36.3. The fraction of sp³-hybridized carbons (Fsp3) is 0.600. The first-order valence-corrected chi connectivity index (χ1v) is 11.8. The number of aryl methyl sites for hydroxylation is 3. The van der Waals surface area contributed by atoms with E-state index in [0.29, 0.717) is 19.6 Å².